The third-order valence-corrected chi connectivity index (χ3v) is 4.46. The molecule has 1 aromatic heterocycles. The lowest BCUT2D eigenvalue weighted by Gasteiger charge is -2.14. The van der Waals surface area contributed by atoms with Crippen LogP contribution in [-0.2, 0) is 15.3 Å². The number of hydrogen-bond donors (Lipinski definition) is 2. The van der Waals surface area contributed by atoms with E-state index in [2.05, 4.69) is 15.6 Å². The number of rotatable bonds is 6. The molecule has 2 rings (SSSR count). The van der Waals surface area contributed by atoms with E-state index in [1.54, 1.807) is 13.0 Å². The Kier molecular flexibility index (Phi) is 6.87. The first-order chi connectivity index (χ1) is 12.2. The summed E-state index contributed by atoms with van der Waals surface area (Å²) in [5, 5.41) is 5.09. The molecule has 0 atom stereocenters. The van der Waals surface area contributed by atoms with Gasteiger partial charge in [0.05, 0.1) is 5.02 Å². The van der Waals surface area contributed by atoms with Gasteiger partial charge in [-0.1, -0.05) is 36.7 Å². The lowest BCUT2D eigenvalue weighted by Crippen LogP contribution is -2.23. The topological polar surface area (TPSA) is 71.1 Å². The molecule has 0 aliphatic carbocycles. The minimum Gasteiger partial charge on any atom is -0.348 e. The third kappa shape index (κ3) is 5.34. The lowest BCUT2D eigenvalue weighted by molar-refractivity contribution is -0.115. The molecule has 2 N–H and O–H groups in total. The van der Waals surface area contributed by atoms with Crippen molar-refractivity contribution in [2.75, 3.05) is 5.32 Å². The number of benzene rings is 1. The number of nitrogens with one attached hydrogen (secondary N) is 2. The molecular formula is C17H15ClF2IN3O2. The van der Waals surface area contributed by atoms with Crippen LogP contribution in [0.5, 0.6) is 0 Å². The molecule has 1 aromatic carbocycles. The van der Waals surface area contributed by atoms with Crippen LogP contribution in [0.4, 0.5) is 14.6 Å². The van der Waals surface area contributed by atoms with Gasteiger partial charge in [0.2, 0.25) is 5.91 Å². The van der Waals surface area contributed by atoms with Crippen LogP contribution in [-0.4, -0.2) is 16.8 Å². The molecule has 0 fully saturated rings. The Morgan fingerprint density at radius 1 is 1.31 bits per heavy atom. The van der Waals surface area contributed by atoms with Crippen molar-refractivity contribution in [3.8, 4) is 0 Å². The molecule has 0 saturated heterocycles. The summed E-state index contributed by atoms with van der Waals surface area (Å²) >= 11 is 7.03. The Hall–Kier alpha value is -1.81. The van der Waals surface area contributed by atoms with E-state index in [1.165, 1.54) is 30.5 Å². The number of alkyl halides is 3. The zero-order valence-electron chi connectivity index (χ0n) is 13.7. The van der Waals surface area contributed by atoms with Gasteiger partial charge in [-0.05, 0) is 17.7 Å². The molecule has 138 valence electrons. The van der Waals surface area contributed by atoms with E-state index in [1.807, 2.05) is 0 Å². The lowest BCUT2D eigenvalue weighted by atomic mass is 10.1. The summed E-state index contributed by atoms with van der Waals surface area (Å²) in [6, 6.07) is 7.17. The van der Waals surface area contributed by atoms with Crippen molar-refractivity contribution in [1.29, 1.82) is 0 Å². The monoisotopic (exact) mass is 493 g/mol. The molecule has 1 heterocycles. The minimum absolute atomic E-state index is 0.0167. The fourth-order valence-corrected chi connectivity index (χ4v) is 3.00. The zero-order chi connectivity index (χ0) is 19.3. The van der Waals surface area contributed by atoms with Gasteiger partial charge in [0.1, 0.15) is 5.82 Å². The maximum Gasteiger partial charge on any atom is 0.323 e. The van der Waals surface area contributed by atoms with Gasteiger partial charge in [-0.25, -0.2) is 4.98 Å². The van der Waals surface area contributed by atoms with Crippen molar-refractivity contribution >= 4 is 51.8 Å². The van der Waals surface area contributed by atoms with E-state index in [0.29, 0.717) is 5.56 Å². The van der Waals surface area contributed by atoms with Crippen LogP contribution in [0.15, 0.2) is 36.5 Å². The van der Waals surface area contributed by atoms with E-state index in [9.17, 15) is 18.4 Å². The van der Waals surface area contributed by atoms with Crippen molar-refractivity contribution in [2.24, 2.45) is 0 Å². The van der Waals surface area contributed by atoms with Gasteiger partial charge in [-0.2, -0.15) is 8.78 Å². The number of hydrogen-bond acceptors (Lipinski definition) is 3. The molecule has 2 aromatic rings. The molecular weight excluding hydrogens is 479 g/mol. The van der Waals surface area contributed by atoms with E-state index in [-0.39, 0.29) is 40.8 Å². The molecule has 5 nitrogen and oxygen atoms in total. The Balaban J connectivity index is 2.10. The van der Waals surface area contributed by atoms with Gasteiger partial charge < -0.3 is 10.6 Å². The highest BCUT2D eigenvalue weighted by Crippen LogP contribution is 2.40. The molecule has 26 heavy (non-hydrogen) atoms. The van der Waals surface area contributed by atoms with Crippen molar-refractivity contribution in [2.45, 2.75) is 23.8 Å². The number of amides is 2. The molecule has 0 unspecified atom stereocenters. The van der Waals surface area contributed by atoms with Gasteiger partial charge in [0.15, 0.2) is 0 Å². The molecule has 0 radical (unpaired) electrons. The van der Waals surface area contributed by atoms with E-state index < -0.39 is 9.84 Å². The van der Waals surface area contributed by atoms with Crippen molar-refractivity contribution in [3.05, 3.63) is 58.2 Å². The number of carbonyl (C=O) groups is 2. The molecule has 0 spiro atoms. The quantitative estimate of drug-likeness (QED) is 0.460. The molecule has 2 amide bonds. The predicted molar refractivity (Wildman–Crippen MR) is 104 cm³/mol. The summed E-state index contributed by atoms with van der Waals surface area (Å²) in [4.78, 5) is 27.6. The van der Waals surface area contributed by atoms with Crippen LogP contribution < -0.4 is 10.6 Å². The summed E-state index contributed by atoms with van der Waals surface area (Å²) in [6.45, 7) is 1.68. The second-order valence-corrected chi connectivity index (χ2v) is 7.02. The van der Waals surface area contributed by atoms with E-state index in [4.69, 9.17) is 11.6 Å². The first-order valence-corrected chi connectivity index (χ1v) is 9.06. The van der Waals surface area contributed by atoms with Gasteiger partial charge in [-0.3, -0.25) is 9.59 Å². The van der Waals surface area contributed by atoms with Crippen molar-refractivity contribution in [3.63, 3.8) is 0 Å². The van der Waals surface area contributed by atoms with Crippen LogP contribution in [0, 0.1) is 0 Å². The molecule has 0 saturated carbocycles. The Morgan fingerprint density at radius 2 is 2.04 bits per heavy atom. The number of carbonyl (C=O) groups excluding carboxylic acids is 2. The number of halogens is 4. The standard InChI is InChI=1S/C17H15ClF2IN3O2/c1-2-14(25)24-13-8-10(6-7-22-13)16(26)23-9-11-4-3-5-12(15(11)18)17(19,20)21/h3-8H,2,9H2,1H3,(H,23,26)(H,22,24,25). The number of pyridine rings is 1. The summed E-state index contributed by atoms with van der Waals surface area (Å²) in [5.41, 5.74) is 0.348. The summed E-state index contributed by atoms with van der Waals surface area (Å²) < 4.78 is 23.9. The fraction of sp³-hybridized carbons (Fsp3) is 0.235. The Morgan fingerprint density at radius 3 is 2.69 bits per heavy atom. The SMILES string of the molecule is CCC(=O)Nc1cc(C(=O)NCc2cccc(C(F)(F)I)c2Cl)ccn1. The second-order valence-electron chi connectivity index (χ2n) is 5.29. The largest absolute Gasteiger partial charge is 0.348 e. The Bertz CT molecular complexity index is 828. The second kappa shape index (κ2) is 8.72. The molecule has 9 heteroatoms. The van der Waals surface area contributed by atoms with Crippen LogP contribution in [0.3, 0.4) is 0 Å². The van der Waals surface area contributed by atoms with Gasteiger partial charge in [-0.15, -0.1) is 0 Å². The highest BCUT2D eigenvalue weighted by Gasteiger charge is 2.30. The van der Waals surface area contributed by atoms with Gasteiger partial charge >= 0.3 is 3.93 Å². The first-order valence-electron chi connectivity index (χ1n) is 7.61. The smallest absolute Gasteiger partial charge is 0.323 e. The molecule has 0 bridgehead atoms. The van der Waals surface area contributed by atoms with Crippen LogP contribution in [0.25, 0.3) is 0 Å². The normalized spacial score (nSPS) is 11.1. The Labute approximate surface area is 167 Å². The molecule has 0 aliphatic rings. The van der Waals surface area contributed by atoms with Crippen LogP contribution in [0.1, 0.15) is 34.8 Å². The number of nitrogens with zero attached hydrogens (tertiary/aromatic N) is 1. The summed E-state index contributed by atoms with van der Waals surface area (Å²) in [5.74, 6) is -0.408. The predicted octanol–water partition coefficient (Wildman–Crippen LogP) is 4.50. The summed E-state index contributed by atoms with van der Waals surface area (Å²) in [7, 11) is 0. The van der Waals surface area contributed by atoms with Crippen molar-refractivity contribution in [1.82, 2.24) is 10.3 Å². The van der Waals surface area contributed by atoms with Gasteiger partial charge in [0.25, 0.3) is 5.91 Å². The highest BCUT2D eigenvalue weighted by atomic mass is 127. The summed E-state index contributed by atoms with van der Waals surface area (Å²) in [6.07, 6.45) is 1.68. The third-order valence-electron chi connectivity index (χ3n) is 3.43. The maximum absolute atomic E-state index is 13.5. The first kappa shape index (κ1) is 20.5. The number of aromatic nitrogens is 1. The maximum atomic E-state index is 13.5. The van der Waals surface area contributed by atoms with Crippen LogP contribution >= 0.6 is 34.2 Å². The minimum atomic E-state index is -3.10. The van der Waals surface area contributed by atoms with Crippen LogP contribution in [0.2, 0.25) is 5.02 Å². The molecule has 0 aliphatic heterocycles. The average molecular weight is 494 g/mol. The van der Waals surface area contributed by atoms with E-state index in [0.717, 1.165) is 22.6 Å². The van der Waals surface area contributed by atoms with Crippen molar-refractivity contribution < 1.29 is 18.4 Å². The number of anilines is 1. The van der Waals surface area contributed by atoms with Gasteiger partial charge in [0, 0.05) is 52.9 Å². The fourth-order valence-electron chi connectivity index (χ4n) is 2.08. The average Bonchev–Trinajstić information content (AvgIpc) is 2.59. The zero-order valence-corrected chi connectivity index (χ0v) is 16.6. The highest BCUT2D eigenvalue weighted by molar-refractivity contribution is 14.1. The van der Waals surface area contributed by atoms with E-state index >= 15 is 0 Å².